The Hall–Kier alpha value is -0.830. The molecular formula is C11H19N3. The Labute approximate surface area is 85.3 Å². The molecule has 1 unspecified atom stereocenters. The monoisotopic (exact) mass is 193 g/mol. The highest BCUT2D eigenvalue weighted by Crippen LogP contribution is 2.53. The van der Waals surface area contributed by atoms with E-state index in [2.05, 4.69) is 25.1 Å². The molecule has 0 radical (unpaired) electrons. The van der Waals surface area contributed by atoms with Crippen molar-refractivity contribution in [2.24, 2.45) is 18.2 Å². The number of aromatic nitrogens is 2. The molecule has 2 N–H and O–H groups in total. The minimum absolute atomic E-state index is 0.124. The fraction of sp³-hybridized carbons (Fsp3) is 0.727. The summed E-state index contributed by atoms with van der Waals surface area (Å²) in [5, 5.41) is 4.48. The molecule has 0 bridgehead atoms. The van der Waals surface area contributed by atoms with Gasteiger partial charge in [0.1, 0.15) is 0 Å². The minimum atomic E-state index is 0.124. The van der Waals surface area contributed by atoms with E-state index in [0.717, 1.165) is 12.1 Å². The van der Waals surface area contributed by atoms with Crippen LogP contribution in [0.4, 0.5) is 0 Å². The molecule has 0 saturated heterocycles. The molecule has 0 amide bonds. The molecule has 1 aromatic rings. The van der Waals surface area contributed by atoms with Crippen molar-refractivity contribution in [3.05, 3.63) is 17.5 Å². The summed E-state index contributed by atoms with van der Waals surface area (Å²) < 4.78 is 1.87. The molecule has 1 aliphatic carbocycles. The number of hydrogen-bond donors (Lipinski definition) is 1. The van der Waals surface area contributed by atoms with Gasteiger partial charge in [0.25, 0.3) is 0 Å². The van der Waals surface area contributed by atoms with Gasteiger partial charge < -0.3 is 5.73 Å². The lowest BCUT2D eigenvalue weighted by Crippen LogP contribution is -2.22. The Morgan fingerprint density at radius 1 is 1.64 bits per heavy atom. The molecule has 1 aromatic heterocycles. The molecule has 1 fully saturated rings. The fourth-order valence-electron chi connectivity index (χ4n) is 1.93. The maximum atomic E-state index is 6.25. The first-order valence-electron chi connectivity index (χ1n) is 5.35. The third-order valence-electron chi connectivity index (χ3n) is 3.40. The van der Waals surface area contributed by atoms with Crippen molar-refractivity contribution in [2.75, 3.05) is 0 Å². The smallest absolute Gasteiger partial charge is 0.0829 e. The average molecular weight is 193 g/mol. The molecule has 3 nitrogen and oxygen atoms in total. The molecule has 0 spiro atoms. The third kappa shape index (κ3) is 1.46. The maximum Gasteiger partial charge on any atom is 0.0829 e. The van der Waals surface area contributed by atoms with Crippen molar-refractivity contribution in [1.29, 1.82) is 0 Å². The first-order valence-corrected chi connectivity index (χ1v) is 5.35. The number of aryl methyl sites for hydroxylation is 2. The Balaban J connectivity index is 2.30. The zero-order valence-electron chi connectivity index (χ0n) is 9.25. The van der Waals surface area contributed by atoms with Crippen molar-refractivity contribution in [3.63, 3.8) is 0 Å². The second-order valence-corrected chi connectivity index (χ2v) is 4.70. The average Bonchev–Trinajstić information content (AvgIpc) is 2.78. The molecule has 1 aliphatic rings. The van der Waals surface area contributed by atoms with Gasteiger partial charge in [0.05, 0.1) is 11.7 Å². The van der Waals surface area contributed by atoms with Crippen LogP contribution >= 0.6 is 0 Å². The Morgan fingerprint density at radius 3 is 2.79 bits per heavy atom. The second-order valence-electron chi connectivity index (χ2n) is 4.70. The highest BCUT2D eigenvalue weighted by Gasteiger charge is 2.45. The lowest BCUT2D eigenvalue weighted by molar-refractivity contribution is 0.436. The van der Waals surface area contributed by atoms with Crippen LogP contribution in [0.1, 0.15) is 44.0 Å². The van der Waals surface area contributed by atoms with E-state index in [1.807, 2.05) is 11.7 Å². The van der Waals surface area contributed by atoms with Crippen molar-refractivity contribution >= 4 is 0 Å². The highest BCUT2D eigenvalue weighted by atomic mass is 15.3. The van der Waals surface area contributed by atoms with Crippen LogP contribution in [0, 0.1) is 5.41 Å². The summed E-state index contributed by atoms with van der Waals surface area (Å²) in [6.07, 6.45) is 5.59. The summed E-state index contributed by atoms with van der Waals surface area (Å²) in [6.45, 7) is 4.41. The predicted octanol–water partition coefficient (Wildman–Crippen LogP) is 1.78. The van der Waals surface area contributed by atoms with E-state index in [-0.39, 0.29) is 6.04 Å². The molecule has 2 rings (SSSR count). The molecule has 14 heavy (non-hydrogen) atoms. The largest absolute Gasteiger partial charge is 0.322 e. The van der Waals surface area contributed by atoms with Crippen LogP contribution in [0.5, 0.6) is 0 Å². The van der Waals surface area contributed by atoms with Crippen LogP contribution in [-0.4, -0.2) is 9.78 Å². The predicted molar refractivity (Wildman–Crippen MR) is 56.9 cm³/mol. The topological polar surface area (TPSA) is 43.8 Å². The van der Waals surface area contributed by atoms with E-state index in [1.54, 1.807) is 0 Å². The van der Waals surface area contributed by atoms with Gasteiger partial charge in [-0.25, -0.2) is 0 Å². The zero-order valence-corrected chi connectivity index (χ0v) is 9.25. The molecule has 78 valence electrons. The van der Waals surface area contributed by atoms with E-state index in [1.165, 1.54) is 18.4 Å². The Morgan fingerprint density at radius 2 is 2.29 bits per heavy atom. The van der Waals surface area contributed by atoms with Gasteiger partial charge >= 0.3 is 0 Å². The molecule has 3 heteroatoms. The standard InChI is InChI=1S/C11H19N3/c1-4-8-7-14(3)13-9(8)10(12)11(2)5-6-11/h7,10H,4-6,12H2,1-3H3. The van der Waals surface area contributed by atoms with Gasteiger partial charge in [-0.1, -0.05) is 13.8 Å². The molecule has 0 aromatic carbocycles. The lowest BCUT2D eigenvalue weighted by Gasteiger charge is -2.17. The van der Waals surface area contributed by atoms with Crippen LogP contribution < -0.4 is 5.73 Å². The van der Waals surface area contributed by atoms with Crippen LogP contribution in [0.2, 0.25) is 0 Å². The van der Waals surface area contributed by atoms with E-state index < -0.39 is 0 Å². The number of hydrogen-bond acceptors (Lipinski definition) is 2. The van der Waals surface area contributed by atoms with Crippen molar-refractivity contribution in [1.82, 2.24) is 9.78 Å². The van der Waals surface area contributed by atoms with Crippen molar-refractivity contribution in [3.8, 4) is 0 Å². The molecular weight excluding hydrogens is 174 g/mol. The first-order chi connectivity index (χ1) is 6.57. The number of nitrogens with two attached hydrogens (primary N) is 1. The van der Waals surface area contributed by atoms with Gasteiger partial charge in [0.15, 0.2) is 0 Å². The Bertz CT molecular complexity index is 336. The van der Waals surface area contributed by atoms with E-state index in [0.29, 0.717) is 5.41 Å². The van der Waals surface area contributed by atoms with Crippen molar-refractivity contribution < 1.29 is 0 Å². The summed E-state index contributed by atoms with van der Waals surface area (Å²) in [5.74, 6) is 0. The third-order valence-corrected chi connectivity index (χ3v) is 3.40. The zero-order chi connectivity index (χ0) is 10.3. The number of nitrogens with zero attached hydrogens (tertiary/aromatic N) is 2. The van der Waals surface area contributed by atoms with E-state index >= 15 is 0 Å². The summed E-state index contributed by atoms with van der Waals surface area (Å²) in [4.78, 5) is 0. The fourth-order valence-corrected chi connectivity index (χ4v) is 1.93. The van der Waals surface area contributed by atoms with Gasteiger partial charge in [-0.05, 0) is 30.2 Å². The first kappa shape index (κ1) is 9.71. The Kier molecular flexibility index (Phi) is 2.14. The molecule has 1 atom stereocenters. The van der Waals surface area contributed by atoms with Crippen LogP contribution in [0.3, 0.4) is 0 Å². The van der Waals surface area contributed by atoms with Gasteiger partial charge in [0, 0.05) is 13.2 Å². The van der Waals surface area contributed by atoms with Gasteiger partial charge in [0.2, 0.25) is 0 Å². The molecule has 0 aliphatic heterocycles. The summed E-state index contributed by atoms with van der Waals surface area (Å²) >= 11 is 0. The SMILES string of the molecule is CCc1cn(C)nc1C(N)C1(C)CC1. The second kappa shape index (κ2) is 3.09. The highest BCUT2D eigenvalue weighted by molar-refractivity contribution is 5.24. The van der Waals surface area contributed by atoms with Gasteiger partial charge in [-0.3, -0.25) is 4.68 Å². The van der Waals surface area contributed by atoms with Crippen LogP contribution in [-0.2, 0) is 13.5 Å². The summed E-state index contributed by atoms with van der Waals surface area (Å²) in [7, 11) is 1.96. The van der Waals surface area contributed by atoms with Crippen molar-refractivity contribution in [2.45, 2.75) is 39.2 Å². The summed E-state index contributed by atoms with van der Waals surface area (Å²) in [6, 6.07) is 0.124. The quantitative estimate of drug-likeness (QED) is 0.795. The van der Waals surface area contributed by atoms with Gasteiger partial charge in [-0.15, -0.1) is 0 Å². The normalized spacial score (nSPS) is 20.9. The summed E-state index contributed by atoms with van der Waals surface area (Å²) in [5.41, 5.74) is 8.97. The molecule has 1 saturated carbocycles. The minimum Gasteiger partial charge on any atom is -0.322 e. The van der Waals surface area contributed by atoms with Gasteiger partial charge in [-0.2, -0.15) is 5.10 Å². The van der Waals surface area contributed by atoms with Crippen LogP contribution in [0.15, 0.2) is 6.20 Å². The molecule has 1 heterocycles. The number of rotatable bonds is 3. The maximum absolute atomic E-state index is 6.25. The van der Waals surface area contributed by atoms with E-state index in [9.17, 15) is 0 Å². The lowest BCUT2D eigenvalue weighted by atomic mass is 9.94. The van der Waals surface area contributed by atoms with E-state index in [4.69, 9.17) is 5.73 Å². The van der Waals surface area contributed by atoms with Crippen LogP contribution in [0.25, 0.3) is 0 Å².